The summed E-state index contributed by atoms with van der Waals surface area (Å²) in [5, 5.41) is 8.96. The summed E-state index contributed by atoms with van der Waals surface area (Å²) in [6.45, 7) is 7.11. The Hall–Kier alpha value is -2.22. The fraction of sp³-hybridized carbons (Fsp3) is 0.667. The molecular weight excluding hydrogens is 458 g/mol. The van der Waals surface area contributed by atoms with Gasteiger partial charge in [-0.3, -0.25) is 15.0 Å². The average Bonchev–Trinajstić information content (AvgIpc) is 3.50. The zero-order valence-electron chi connectivity index (χ0n) is 21.2. The van der Waals surface area contributed by atoms with Gasteiger partial charge in [0.05, 0.1) is 5.92 Å². The lowest BCUT2D eigenvalue weighted by Gasteiger charge is -2.51. The van der Waals surface area contributed by atoms with Crippen LogP contribution in [0.1, 0.15) is 69.9 Å². The topological polar surface area (TPSA) is 77.0 Å². The third kappa shape index (κ3) is 5.18. The van der Waals surface area contributed by atoms with Gasteiger partial charge in [0.15, 0.2) is 11.5 Å². The van der Waals surface area contributed by atoms with Crippen LogP contribution in [0.5, 0.6) is 0 Å². The minimum Gasteiger partial charge on any atom is -0.353 e. The van der Waals surface area contributed by atoms with Crippen molar-refractivity contribution in [3.63, 3.8) is 0 Å². The van der Waals surface area contributed by atoms with E-state index in [4.69, 9.17) is 5.10 Å². The first-order valence-corrected chi connectivity index (χ1v) is 14.3. The molecule has 0 radical (unpaired) electrons. The number of amides is 2. The van der Waals surface area contributed by atoms with Crippen LogP contribution in [0.25, 0.3) is 0 Å². The van der Waals surface area contributed by atoms with Crippen LogP contribution in [0.4, 0.5) is 0 Å². The zero-order chi connectivity index (χ0) is 24.5. The van der Waals surface area contributed by atoms with E-state index in [0.29, 0.717) is 24.9 Å². The Morgan fingerprint density at radius 2 is 2.03 bits per heavy atom. The van der Waals surface area contributed by atoms with Gasteiger partial charge < -0.3 is 15.1 Å². The molecule has 4 unspecified atom stereocenters. The van der Waals surface area contributed by atoms with Crippen LogP contribution in [-0.2, 0) is 15.3 Å². The van der Waals surface area contributed by atoms with E-state index in [2.05, 4.69) is 60.7 Å². The van der Waals surface area contributed by atoms with E-state index >= 15 is 0 Å². The van der Waals surface area contributed by atoms with Gasteiger partial charge in [0.25, 0.3) is 0 Å². The number of thioether (sulfide) groups is 1. The van der Waals surface area contributed by atoms with Crippen LogP contribution in [0.15, 0.2) is 29.4 Å². The first-order chi connectivity index (χ1) is 16.9. The number of carbonyl (C=O) groups is 2. The Morgan fingerprint density at radius 3 is 2.77 bits per heavy atom. The molecule has 1 aromatic carbocycles. The normalized spacial score (nSPS) is 28.6. The molecule has 2 N–H and O–H groups in total. The van der Waals surface area contributed by atoms with Gasteiger partial charge in [-0.15, -0.1) is 0 Å². The second kappa shape index (κ2) is 10.4. The zero-order valence-corrected chi connectivity index (χ0v) is 22.0. The monoisotopic (exact) mass is 497 g/mol. The first kappa shape index (κ1) is 24.5. The molecule has 8 heteroatoms. The Balaban J connectivity index is 1.34. The van der Waals surface area contributed by atoms with E-state index < -0.39 is 0 Å². The van der Waals surface area contributed by atoms with Crippen molar-refractivity contribution in [2.75, 3.05) is 6.54 Å². The van der Waals surface area contributed by atoms with E-state index in [-0.39, 0.29) is 36.0 Å². The van der Waals surface area contributed by atoms with Crippen molar-refractivity contribution >= 4 is 28.7 Å². The lowest BCUT2D eigenvalue weighted by atomic mass is 9.75. The Morgan fingerprint density at radius 1 is 1.23 bits per heavy atom. The van der Waals surface area contributed by atoms with Gasteiger partial charge in [-0.25, -0.2) is 0 Å². The standard InChI is InChI=1S/C27H39N5O2S/c1-17(2)15-31-25(34)22-12-11-20(24(33)28-21-9-4-5-10-21)14-23(22)32-26(31)29-30-27(32)35-16-19-8-6-7-18(3)13-19/h6-8,13,17,20-23,26,29H,4-5,9-12,14-16H2,1-3H3,(H,28,33). The highest BCUT2D eigenvalue weighted by Gasteiger charge is 2.53. The van der Waals surface area contributed by atoms with Gasteiger partial charge in [0, 0.05) is 30.3 Å². The van der Waals surface area contributed by atoms with Crippen LogP contribution in [0.2, 0.25) is 0 Å². The van der Waals surface area contributed by atoms with E-state index in [1.54, 1.807) is 11.8 Å². The largest absolute Gasteiger partial charge is 0.353 e. The van der Waals surface area contributed by atoms with Crippen molar-refractivity contribution in [1.29, 1.82) is 0 Å². The molecule has 190 valence electrons. The SMILES string of the molecule is Cc1cccc(CSC2=NNC3N(CC(C)C)C(=O)C4CCC(C(=O)NC5CCCC5)CC4N23)c1. The number of aryl methyl sites for hydroxylation is 1. The molecule has 2 amide bonds. The molecule has 5 rings (SSSR count). The maximum Gasteiger partial charge on any atom is 0.230 e. The van der Waals surface area contributed by atoms with Crippen LogP contribution >= 0.6 is 11.8 Å². The van der Waals surface area contributed by atoms with Crippen molar-refractivity contribution in [2.45, 2.75) is 89.8 Å². The third-order valence-electron chi connectivity index (χ3n) is 7.91. The number of nitrogens with one attached hydrogen (secondary N) is 2. The first-order valence-electron chi connectivity index (χ1n) is 13.3. The number of hydrogen-bond donors (Lipinski definition) is 2. The predicted molar refractivity (Wildman–Crippen MR) is 140 cm³/mol. The van der Waals surface area contributed by atoms with Crippen molar-refractivity contribution in [2.24, 2.45) is 22.9 Å². The predicted octanol–water partition coefficient (Wildman–Crippen LogP) is 4.03. The fourth-order valence-corrected chi connectivity index (χ4v) is 7.20. The van der Waals surface area contributed by atoms with Crippen LogP contribution < -0.4 is 10.7 Å². The van der Waals surface area contributed by atoms with E-state index in [9.17, 15) is 9.59 Å². The van der Waals surface area contributed by atoms with Gasteiger partial charge in [-0.1, -0.05) is 68.3 Å². The highest BCUT2D eigenvalue weighted by Crippen LogP contribution is 2.41. The number of benzene rings is 1. The molecule has 1 saturated heterocycles. The van der Waals surface area contributed by atoms with E-state index in [0.717, 1.165) is 36.6 Å². The molecule has 0 spiro atoms. The Labute approximate surface area is 213 Å². The number of hydrazone groups is 1. The van der Waals surface area contributed by atoms with Gasteiger partial charge in [0.1, 0.15) is 0 Å². The minimum atomic E-state index is -0.261. The number of fused-ring (bicyclic) bond motifs is 3. The van der Waals surface area contributed by atoms with E-state index in [1.807, 2.05) is 4.90 Å². The molecule has 2 aliphatic carbocycles. The van der Waals surface area contributed by atoms with Crippen molar-refractivity contribution < 1.29 is 9.59 Å². The minimum absolute atomic E-state index is 0.00255. The van der Waals surface area contributed by atoms with Gasteiger partial charge >= 0.3 is 0 Å². The number of carbonyl (C=O) groups excluding carboxylic acids is 2. The molecule has 1 aromatic rings. The summed E-state index contributed by atoms with van der Waals surface area (Å²) in [7, 11) is 0. The number of amidine groups is 1. The Bertz CT molecular complexity index is 976. The third-order valence-corrected chi connectivity index (χ3v) is 8.95. The van der Waals surface area contributed by atoms with Crippen LogP contribution in [-0.4, -0.2) is 51.7 Å². The van der Waals surface area contributed by atoms with Gasteiger partial charge in [-0.2, -0.15) is 5.10 Å². The summed E-state index contributed by atoms with van der Waals surface area (Å²) < 4.78 is 0. The molecule has 2 aliphatic heterocycles. The van der Waals surface area contributed by atoms with Gasteiger partial charge in [0.2, 0.25) is 11.8 Å². The quantitative estimate of drug-likeness (QED) is 0.621. The van der Waals surface area contributed by atoms with E-state index in [1.165, 1.54) is 24.0 Å². The lowest BCUT2D eigenvalue weighted by molar-refractivity contribution is -0.158. The average molecular weight is 498 g/mol. The molecule has 0 bridgehead atoms. The maximum atomic E-state index is 13.6. The summed E-state index contributed by atoms with van der Waals surface area (Å²) in [5.41, 5.74) is 5.79. The summed E-state index contributed by atoms with van der Waals surface area (Å²) in [6.07, 6.45) is 6.61. The maximum absolute atomic E-state index is 13.6. The lowest BCUT2D eigenvalue weighted by Crippen LogP contribution is -2.68. The van der Waals surface area contributed by atoms with Crippen LogP contribution in [0, 0.1) is 24.7 Å². The van der Waals surface area contributed by atoms with Crippen LogP contribution in [0.3, 0.4) is 0 Å². The second-order valence-corrected chi connectivity index (χ2v) is 12.1. The molecule has 4 atom stereocenters. The second-order valence-electron chi connectivity index (χ2n) is 11.1. The summed E-state index contributed by atoms with van der Waals surface area (Å²) in [5.74, 6) is 1.48. The summed E-state index contributed by atoms with van der Waals surface area (Å²) >= 11 is 1.72. The number of hydrogen-bond acceptors (Lipinski definition) is 6. The number of rotatable bonds is 6. The summed E-state index contributed by atoms with van der Waals surface area (Å²) in [6, 6.07) is 8.91. The highest BCUT2D eigenvalue weighted by atomic mass is 32.2. The molecule has 7 nitrogen and oxygen atoms in total. The van der Waals surface area contributed by atoms with Crippen molar-refractivity contribution in [1.82, 2.24) is 20.5 Å². The smallest absolute Gasteiger partial charge is 0.230 e. The Kier molecular flexibility index (Phi) is 7.28. The molecule has 4 aliphatic rings. The molecule has 0 aromatic heterocycles. The molecule has 2 saturated carbocycles. The summed E-state index contributed by atoms with van der Waals surface area (Å²) in [4.78, 5) is 31.1. The van der Waals surface area contributed by atoms with Crippen molar-refractivity contribution in [3.8, 4) is 0 Å². The number of nitrogens with zero attached hydrogens (tertiary/aromatic N) is 3. The van der Waals surface area contributed by atoms with Crippen molar-refractivity contribution in [3.05, 3.63) is 35.4 Å². The molecule has 3 fully saturated rings. The fourth-order valence-electron chi connectivity index (χ4n) is 6.22. The van der Waals surface area contributed by atoms with Gasteiger partial charge in [-0.05, 0) is 50.5 Å². The molecular formula is C27H39N5O2S. The molecule has 2 heterocycles. The molecule has 35 heavy (non-hydrogen) atoms. The highest BCUT2D eigenvalue weighted by molar-refractivity contribution is 8.13.